The maximum Gasteiger partial charge on any atom is 0.325 e. The second-order valence-electron chi connectivity index (χ2n) is 9.88. The molecule has 3 rings (SSSR count). The Morgan fingerprint density at radius 2 is 1.87 bits per heavy atom. The molecular weight excluding hydrogens is 378 g/mol. The van der Waals surface area contributed by atoms with Gasteiger partial charge in [0.1, 0.15) is 5.54 Å². The Morgan fingerprint density at radius 3 is 2.47 bits per heavy atom. The van der Waals surface area contributed by atoms with Gasteiger partial charge in [-0.2, -0.15) is 0 Å². The van der Waals surface area contributed by atoms with E-state index in [0.29, 0.717) is 31.8 Å². The van der Waals surface area contributed by atoms with Crippen molar-refractivity contribution < 1.29 is 14.7 Å². The summed E-state index contributed by atoms with van der Waals surface area (Å²) < 4.78 is 0. The summed E-state index contributed by atoms with van der Waals surface area (Å²) in [5.74, 6) is 0.411. The van der Waals surface area contributed by atoms with Crippen molar-refractivity contribution in [1.82, 2.24) is 15.1 Å². The molecule has 6 heteroatoms. The van der Waals surface area contributed by atoms with Crippen LogP contribution in [-0.4, -0.2) is 58.6 Å². The third kappa shape index (κ3) is 4.86. The summed E-state index contributed by atoms with van der Waals surface area (Å²) in [6.45, 7) is 7.93. The van der Waals surface area contributed by atoms with Gasteiger partial charge in [0.15, 0.2) is 0 Å². The predicted molar refractivity (Wildman–Crippen MR) is 118 cm³/mol. The lowest BCUT2D eigenvalue weighted by atomic mass is 9.65. The van der Waals surface area contributed by atoms with Gasteiger partial charge in [0.25, 0.3) is 5.91 Å². The van der Waals surface area contributed by atoms with Crippen LogP contribution in [0.15, 0.2) is 30.3 Å². The number of likely N-dealkylation sites (N-methyl/N-ethyl adjacent to an activating group) is 1. The highest BCUT2D eigenvalue weighted by atomic mass is 16.3. The lowest BCUT2D eigenvalue weighted by Gasteiger charge is -2.42. The zero-order valence-corrected chi connectivity index (χ0v) is 18.9. The molecule has 2 N–H and O–H groups in total. The zero-order valence-electron chi connectivity index (χ0n) is 18.9. The fourth-order valence-corrected chi connectivity index (χ4v) is 4.95. The van der Waals surface area contributed by atoms with E-state index in [4.69, 9.17) is 0 Å². The highest BCUT2D eigenvalue weighted by Crippen LogP contribution is 2.45. The normalized spacial score (nSPS) is 25.8. The molecule has 1 saturated heterocycles. The number of imide groups is 1. The minimum absolute atomic E-state index is 0.0371. The van der Waals surface area contributed by atoms with Crippen LogP contribution in [0.2, 0.25) is 0 Å². The number of aliphatic hydroxyl groups excluding tert-OH is 1. The lowest BCUT2D eigenvalue weighted by molar-refractivity contribution is -0.134. The second kappa shape index (κ2) is 9.06. The van der Waals surface area contributed by atoms with Crippen LogP contribution >= 0.6 is 0 Å². The predicted octanol–water partition coefficient (Wildman–Crippen LogP) is 3.40. The van der Waals surface area contributed by atoms with Crippen molar-refractivity contribution in [2.45, 2.75) is 71.1 Å². The SMILES string of the molecule is CCC(C)(C)C1CCC2(CC1)NC(=O)N(CC(O)CN(C)Cc1ccccc1)C2=O. The van der Waals surface area contributed by atoms with Crippen LogP contribution in [0.25, 0.3) is 0 Å². The van der Waals surface area contributed by atoms with E-state index in [0.717, 1.165) is 24.8 Å². The van der Waals surface area contributed by atoms with Crippen LogP contribution in [0.3, 0.4) is 0 Å². The van der Waals surface area contributed by atoms with Crippen molar-refractivity contribution in [3.05, 3.63) is 35.9 Å². The van der Waals surface area contributed by atoms with Crippen LogP contribution in [-0.2, 0) is 11.3 Å². The topological polar surface area (TPSA) is 72.9 Å². The molecule has 0 bridgehead atoms. The number of benzene rings is 1. The molecule has 1 aliphatic carbocycles. The number of carbonyl (C=O) groups excluding carboxylic acids is 2. The van der Waals surface area contributed by atoms with Crippen molar-refractivity contribution in [1.29, 1.82) is 0 Å². The Kier molecular flexibility index (Phi) is 6.88. The Hall–Kier alpha value is -1.92. The van der Waals surface area contributed by atoms with E-state index in [-0.39, 0.29) is 23.9 Å². The van der Waals surface area contributed by atoms with Crippen LogP contribution in [0.5, 0.6) is 0 Å². The number of hydrogen-bond donors (Lipinski definition) is 2. The highest BCUT2D eigenvalue weighted by molar-refractivity contribution is 6.07. The van der Waals surface area contributed by atoms with Crippen LogP contribution < -0.4 is 5.32 Å². The molecule has 1 spiro atoms. The molecule has 1 heterocycles. The Labute approximate surface area is 180 Å². The molecule has 30 heavy (non-hydrogen) atoms. The van der Waals surface area contributed by atoms with Gasteiger partial charge in [-0.3, -0.25) is 14.6 Å². The van der Waals surface area contributed by atoms with Crippen molar-refractivity contribution in [2.24, 2.45) is 11.3 Å². The summed E-state index contributed by atoms with van der Waals surface area (Å²) in [5.41, 5.74) is 0.646. The zero-order chi connectivity index (χ0) is 21.9. The van der Waals surface area contributed by atoms with Crippen molar-refractivity contribution in [3.63, 3.8) is 0 Å². The molecule has 1 unspecified atom stereocenters. The largest absolute Gasteiger partial charge is 0.390 e. The maximum atomic E-state index is 13.1. The van der Waals surface area contributed by atoms with E-state index in [1.165, 1.54) is 4.90 Å². The van der Waals surface area contributed by atoms with Crippen LogP contribution in [0.1, 0.15) is 58.4 Å². The molecule has 2 fully saturated rings. The Bertz CT molecular complexity index is 741. The van der Waals surface area contributed by atoms with E-state index in [9.17, 15) is 14.7 Å². The van der Waals surface area contributed by atoms with Crippen molar-refractivity contribution in [2.75, 3.05) is 20.1 Å². The molecular formula is C24H37N3O3. The number of aliphatic hydroxyl groups is 1. The molecule has 6 nitrogen and oxygen atoms in total. The van der Waals surface area contributed by atoms with Gasteiger partial charge in [0.05, 0.1) is 12.6 Å². The van der Waals surface area contributed by atoms with Gasteiger partial charge in [-0.25, -0.2) is 4.79 Å². The molecule has 0 radical (unpaired) electrons. The lowest BCUT2D eigenvalue weighted by Crippen LogP contribution is -2.51. The molecule has 1 atom stereocenters. The summed E-state index contributed by atoms with van der Waals surface area (Å²) in [4.78, 5) is 29.0. The molecule has 1 saturated carbocycles. The van der Waals surface area contributed by atoms with Crippen LogP contribution in [0.4, 0.5) is 4.79 Å². The summed E-state index contributed by atoms with van der Waals surface area (Å²) in [7, 11) is 1.93. The number of nitrogens with one attached hydrogen (secondary N) is 1. The molecule has 166 valence electrons. The van der Waals surface area contributed by atoms with Gasteiger partial charge in [-0.15, -0.1) is 0 Å². The number of hydrogen-bond acceptors (Lipinski definition) is 4. The fourth-order valence-electron chi connectivity index (χ4n) is 4.95. The molecule has 0 aromatic heterocycles. The highest BCUT2D eigenvalue weighted by Gasteiger charge is 2.53. The van der Waals surface area contributed by atoms with Crippen molar-refractivity contribution >= 4 is 11.9 Å². The first kappa shape index (κ1) is 22.8. The van der Waals surface area contributed by atoms with Gasteiger partial charge in [0.2, 0.25) is 0 Å². The third-order valence-electron chi connectivity index (χ3n) is 7.31. The van der Waals surface area contributed by atoms with E-state index in [2.05, 4.69) is 26.1 Å². The number of urea groups is 1. The number of β-amino-alcohol motifs (C(OH)–C–C–N with tert-alkyl or cyclic N) is 1. The number of carbonyl (C=O) groups is 2. The summed E-state index contributed by atoms with van der Waals surface area (Å²) >= 11 is 0. The minimum Gasteiger partial charge on any atom is -0.390 e. The number of nitrogens with zero attached hydrogens (tertiary/aromatic N) is 2. The first-order valence-corrected chi connectivity index (χ1v) is 11.2. The first-order chi connectivity index (χ1) is 14.2. The van der Waals surface area contributed by atoms with Gasteiger partial charge < -0.3 is 10.4 Å². The summed E-state index contributed by atoms with van der Waals surface area (Å²) in [6, 6.07) is 9.67. The third-order valence-corrected chi connectivity index (χ3v) is 7.31. The molecule has 3 amide bonds. The first-order valence-electron chi connectivity index (χ1n) is 11.2. The van der Waals surface area contributed by atoms with Crippen LogP contribution in [0, 0.1) is 11.3 Å². The summed E-state index contributed by atoms with van der Waals surface area (Å²) in [5, 5.41) is 13.5. The minimum atomic E-state index is -0.779. The molecule has 1 aromatic carbocycles. The number of amides is 3. The van der Waals surface area contributed by atoms with E-state index in [1.54, 1.807) is 0 Å². The fraction of sp³-hybridized carbons (Fsp3) is 0.667. The number of rotatable bonds is 8. The maximum absolute atomic E-state index is 13.1. The summed E-state index contributed by atoms with van der Waals surface area (Å²) in [6.07, 6.45) is 3.60. The van der Waals surface area contributed by atoms with E-state index in [1.807, 2.05) is 42.3 Å². The Balaban J connectivity index is 1.55. The van der Waals surface area contributed by atoms with Gasteiger partial charge in [-0.05, 0) is 49.6 Å². The Morgan fingerprint density at radius 1 is 1.23 bits per heavy atom. The van der Waals surface area contributed by atoms with E-state index < -0.39 is 11.6 Å². The average Bonchev–Trinajstić information content (AvgIpc) is 2.93. The van der Waals surface area contributed by atoms with Gasteiger partial charge in [-0.1, -0.05) is 57.5 Å². The molecule has 2 aliphatic rings. The van der Waals surface area contributed by atoms with Gasteiger partial charge >= 0.3 is 6.03 Å². The quantitative estimate of drug-likeness (QED) is 0.639. The smallest absolute Gasteiger partial charge is 0.325 e. The van der Waals surface area contributed by atoms with Gasteiger partial charge in [0, 0.05) is 13.1 Å². The monoisotopic (exact) mass is 415 g/mol. The molecule has 1 aromatic rings. The van der Waals surface area contributed by atoms with Crippen molar-refractivity contribution in [3.8, 4) is 0 Å². The average molecular weight is 416 g/mol. The second-order valence-corrected chi connectivity index (χ2v) is 9.88. The standard InChI is InChI=1S/C24H37N3O3/c1-5-23(2,3)19-11-13-24(14-12-19)21(29)27(22(30)25-24)17-20(28)16-26(4)15-18-9-7-6-8-10-18/h6-10,19-20,28H,5,11-17H2,1-4H3,(H,25,30). The molecule has 1 aliphatic heterocycles. The van der Waals surface area contributed by atoms with E-state index >= 15 is 0 Å².